The first kappa shape index (κ1) is 19.2. The Kier molecular flexibility index (Phi) is 6.34. The number of halogens is 3. The molecule has 0 spiro atoms. The molecule has 0 bridgehead atoms. The first-order valence-electron chi connectivity index (χ1n) is 8.87. The van der Waals surface area contributed by atoms with Crippen LogP contribution in [0.15, 0.2) is 42.5 Å². The second kappa shape index (κ2) is 8.90. The van der Waals surface area contributed by atoms with Gasteiger partial charge in [0.15, 0.2) is 23.2 Å². The van der Waals surface area contributed by atoms with Crippen molar-refractivity contribution in [3.63, 3.8) is 0 Å². The lowest BCUT2D eigenvalue weighted by Gasteiger charge is -2.33. The van der Waals surface area contributed by atoms with Crippen LogP contribution in [0.2, 0.25) is 0 Å². The Morgan fingerprint density at radius 2 is 1.93 bits per heavy atom. The van der Waals surface area contributed by atoms with Gasteiger partial charge in [-0.3, -0.25) is 4.79 Å². The summed E-state index contributed by atoms with van der Waals surface area (Å²) in [5, 5.41) is 6.10. The predicted octanol–water partition coefficient (Wildman–Crippen LogP) is 3.13. The van der Waals surface area contributed by atoms with Gasteiger partial charge in [-0.25, -0.2) is 13.2 Å². The number of carbonyl (C=O) groups excluding carboxylic acids is 1. The molecule has 0 aromatic heterocycles. The number of carbonyl (C=O) groups is 1. The van der Waals surface area contributed by atoms with Gasteiger partial charge in [-0.15, -0.1) is 0 Å². The third kappa shape index (κ3) is 5.01. The minimum absolute atomic E-state index is 0.0444. The van der Waals surface area contributed by atoms with Gasteiger partial charge in [-0.2, -0.15) is 0 Å². The number of nitrogens with one attached hydrogen (secondary N) is 2. The van der Waals surface area contributed by atoms with Crippen molar-refractivity contribution in [2.75, 3.05) is 19.7 Å². The van der Waals surface area contributed by atoms with Gasteiger partial charge in [0.2, 0.25) is 5.91 Å². The number of amides is 1. The van der Waals surface area contributed by atoms with Gasteiger partial charge in [0.05, 0.1) is 13.0 Å². The Labute approximate surface area is 155 Å². The van der Waals surface area contributed by atoms with Gasteiger partial charge in [-0.05, 0) is 42.8 Å². The SMILES string of the molecule is O=C(CCOc1ccccc1F)NC1CNCCC1c1ccc(F)c(F)c1. The first-order valence-corrected chi connectivity index (χ1v) is 8.87. The van der Waals surface area contributed by atoms with Crippen LogP contribution in [0.4, 0.5) is 13.2 Å². The number of hydrogen-bond acceptors (Lipinski definition) is 3. The van der Waals surface area contributed by atoms with Gasteiger partial charge >= 0.3 is 0 Å². The molecule has 144 valence electrons. The number of para-hydroxylation sites is 1. The van der Waals surface area contributed by atoms with E-state index < -0.39 is 17.5 Å². The summed E-state index contributed by atoms with van der Waals surface area (Å²) >= 11 is 0. The van der Waals surface area contributed by atoms with E-state index in [0.29, 0.717) is 18.5 Å². The van der Waals surface area contributed by atoms with Crippen molar-refractivity contribution in [3.05, 3.63) is 65.5 Å². The number of hydrogen-bond donors (Lipinski definition) is 2. The predicted molar refractivity (Wildman–Crippen MR) is 95.0 cm³/mol. The van der Waals surface area contributed by atoms with Gasteiger partial charge in [-0.1, -0.05) is 18.2 Å². The summed E-state index contributed by atoms with van der Waals surface area (Å²) in [6.07, 6.45) is 0.761. The molecule has 4 nitrogen and oxygen atoms in total. The van der Waals surface area contributed by atoms with E-state index in [1.54, 1.807) is 18.2 Å². The second-order valence-corrected chi connectivity index (χ2v) is 6.48. The lowest BCUT2D eigenvalue weighted by atomic mass is 9.86. The zero-order chi connectivity index (χ0) is 19.2. The van der Waals surface area contributed by atoms with Crippen molar-refractivity contribution in [1.29, 1.82) is 0 Å². The lowest BCUT2D eigenvalue weighted by molar-refractivity contribution is -0.122. The van der Waals surface area contributed by atoms with E-state index in [1.165, 1.54) is 18.2 Å². The molecule has 2 unspecified atom stereocenters. The number of benzene rings is 2. The third-order valence-corrected chi connectivity index (χ3v) is 4.62. The van der Waals surface area contributed by atoms with Crippen LogP contribution in [0.5, 0.6) is 5.75 Å². The molecule has 1 heterocycles. The Morgan fingerprint density at radius 1 is 1.11 bits per heavy atom. The molecule has 0 radical (unpaired) electrons. The van der Waals surface area contributed by atoms with Crippen LogP contribution in [0.1, 0.15) is 24.3 Å². The Morgan fingerprint density at radius 3 is 2.70 bits per heavy atom. The van der Waals surface area contributed by atoms with E-state index in [4.69, 9.17) is 4.74 Å². The Balaban J connectivity index is 1.56. The molecular formula is C20H21F3N2O2. The zero-order valence-corrected chi connectivity index (χ0v) is 14.7. The molecule has 7 heteroatoms. The average molecular weight is 378 g/mol. The maximum absolute atomic E-state index is 13.6. The highest BCUT2D eigenvalue weighted by Gasteiger charge is 2.28. The molecule has 1 fully saturated rings. The molecule has 1 saturated heterocycles. The summed E-state index contributed by atoms with van der Waals surface area (Å²) in [5.74, 6) is -2.52. The normalized spacial score (nSPS) is 19.5. The van der Waals surface area contributed by atoms with Gasteiger partial charge < -0.3 is 15.4 Å². The molecule has 3 rings (SSSR count). The largest absolute Gasteiger partial charge is 0.490 e. The van der Waals surface area contributed by atoms with Crippen molar-refractivity contribution in [1.82, 2.24) is 10.6 Å². The average Bonchev–Trinajstić information content (AvgIpc) is 2.66. The van der Waals surface area contributed by atoms with Crippen molar-refractivity contribution in [2.24, 2.45) is 0 Å². The van der Waals surface area contributed by atoms with Crippen LogP contribution < -0.4 is 15.4 Å². The molecule has 2 atom stereocenters. The van der Waals surface area contributed by atoms with E-state index >= 15 is 0 Å². The smallest absolute Gasteiger partial charge is 0.223 e. The third-order valence-electron chi connectivity index (χ3n) is 4.62. The molecule has 0 saturated carbocycles. The van der Waals surface area contributed by atoms with Crippen LogP contribution in [-0.4, -0.2) is 31.6 Å². The van der Waals surface area contributed by atoms with Crippen molar-refractivity contribution in [3.8, 4) is 5.75 Å². The molecule has 2 aromatic rings. The van der Waals surface area contributed by atoms with E-state index in [0.717, 1.165) is 12.6 Å². The summed E-state index contributed by atoms with van der Waals surface area (Å²) in [5.41, 5.74) is 0.656. The van der Waals surface area contributed by atoms with Gasteiger partial charge in [0.25, 0.3) is 0 Å². The summed E-state index contributed by atoms with van der Waals surface area (Å²) < 4.78 is 45.5. The highest BCUT2D eigenvalue weighted by molar-refractivity contribution is 5.76. The summed E-state index contributed by atoms with van der Waals surface area (Å²) in [6.45, 7) is 1.30. The van der Waals surface area contributed by atoms with Gasteiger partial charge in [0.1, 0.15) is 0 Å². The second-order valence-electron chi connectivity index (χ2n) is 6.48. The Bertz CT molecular complexity index is 801. The zero-order valence-electron chi connectivity index (χ0n) is 14.7. The molecular weight excluding hydrogens is 357 g/mol. The van der Waals surface area contributed by atoms with Crippen molar-refractivity contribution < 1.29 is 22.7 Å². The molecule has 0 aliphatic carbocycles. The van der Waals surface area contributed by atoms with Crippen molar-refractivity contribution >= 4 is 5.91 Å². The highest BCUT2D eigenvalue weighted by Crippen LogP contribution is 2.27. The maximum atomic E-state index is 13.6. The van der Waals surface area contributed by atoms with E-state index in [2.05, 4.69) is 10.6 Å². The standard InChI is InChI=1S/C20H21F3N2O2/c21-15-6-5-13(11-17(15)23)14-7-9-24-12-18(14)25-20(26)8-10-27-19-4-2-1-3-16(19)22/h1-6,11,14,18,24H,7-10,12H2,(H,25,26). The molecule has 1 amide bonds. The van der Waals surface area contributed by atoms with E-state index in [9.17, 15) is 18.0 Å². The minimum atomic E-state index is -0.894. The van der Waals surface area contributed by atoms with Crippen molar-refractivity contribution in [2.45, 2.75) is 24.8 Å². The van der Waals surface area contributed by atoms with Crippen LogP contribution in [-0.2, 0) is 4.79 Å². The Hall–Kier alpha value is -2.54. The molecule has 1 aliphatic rings. The minimum Gasteiger partial charge on any atom is -0.490 e. The monoisotopic (exact) mass is 378 g/mol. The van der Waals surface area contributed by atoms with Crippen LogP contribution in [0, 0.1) is 17.5 Å². The lowest BCUT2D eigenvalue weighted by Crippen LogP contribution is -2.50. The summed E-state index contributed by atoms with van der Waals surface area (Å²) in [4.78, 5) is 12.2. The fourth-order valence-electron chi connectivity index (χ4n) is 3.25. The highest BCUT2D eigenvalue weighted by atomic mass is 19.2. The maximum Gasteiger partial charge on any atom is 0.223 e. The molecule has 2 aromatic carbocycles. The number of rotatable bonds is 6. The summed E-state index contributed by atoms with van der Waals surface area (Å²) in [7, 11) is 0. The van der Waals surface area contributed by atoms with Gasteiger partial charge in [0, 0.05) is 18.5 Å². The number of ether oxygens (including phenoxy) is 1. The quantitative estimate of drug-likeness (QED) is 0.812. The number of piperidine rings is 1. The van der Waals surface area contributed by atoms with Crippen LogP contribution in [0.25, 0.3) is 0 Å². The summed E-state index contributed by atoms with van der Waals surface area (Å²) in [6, 6.07) is 9.59. The molecule has 2 N–H and O–H groups in total. The van der Waals surface area contributed by atoms with Crippen LogP contribution >= 0.6 is 0 Å². The first-order chi connectivity index (χ1) is 13.0. The fraction of sp³-hybridized carbons (Fsp3) is 0.350. The molecule has 1 aliphatic heterocycles. The molecule has 27 heavy (non-hydrogen) atoms. The van der Waals surface area contributed by atoms with Crippen LogP contribution in [0.3, 0.4) is 0 Å². The van der Waals surface area contributed by atoms with E-state index in [-0.39, 0.29) is 36.6 Å². The van der Waals surface area contributed by atoms with E-state index in [1.807, 2.05) is 0 Å². The fourth-order valence-corrected chi connectivity index (χ4v) is 3.25. The topological polar surface area (TPSA) is 50.4 Å².